The fourth-order valence-electron chi connectivity index (χ4n) is 0.744. The Labute approximate surface area is 78.0 Å². The Morgan fingerprint density at radius 1 is 1.46 bits per heavy atom. The van der Waals surface area contributed by atoms with Crippen LogP contribution in [0.2, 0.25) is 0 Å². The molecular formula is C9H15NO3. The van der Waals surface area contributed by atoms with Gasteiger partial charge in [-0.3, -0.25) is 4.79 Å². The third kappa shape index (κ3) is 7.05. The molecule has 0 aliphatic rings. The molecule has 0 aromatic carbocycles. The molecule has 0 saturated heterocycles. The van der Waals surface area contributed by atoms with Crippen LogP contribution in [0.5, 0.6) is 0 Å². The summed E-state index contributed by atoms with van der Waals surface area (Å²) in [5.74, 6) is -0.407. The molecule has 0 aromatic heterocycles. The molecule has 0 rings (SSSR count). The van der Waals surface area contributed by atoms with Gasteiger partial charge in [0.15, 0.2) is 0 Å². The Morgan fingerprint density at radius 3 is 2.69 bits per heavy atom. The number of carbonyl (C=O) groups is 2. The average Bonchev–Trinajstić information content (AvgIpc) is 2.16. The number of unbranched alkanes of at least 4 members (excludes halogenated alkanes) is 1. The molecule has 4 heteroatoms. The van der Waals surface area contributed by atoms with Crippen molar-refractivity contribution in [3.8, 4) is 0 Å². The molecule has 13 heavy (non-hydrogen) atoms. The first kappa shape index (κ1) is 11.7. The van der Waals surface area contributed by atoms with Gasteiger partial charge in [-0.1, -0.05) is 6.58 Å². The zero-order valence-electron chi connectivity index (χ0n) is 7.84. The fourth-order valence-corrected chi connectivity index (χ4v) is 0.744. The predicted octanol–water partition coefficient (Wildman–Crippen LogP) is 0.632. The third-order valence-corrected chi connectivity index (χ3v) is 1.49. The lowest BCUT2D eigenvalue weighted by atomic mass is 10.2. The van der Waals surface area contributed by atoms with Crippen molar-refractivity contribution in [2.45, 2.75) is 19.3 Å². The van der Waals surface area contributed by atoms with E-state index in [0.717, 1.165) is 12.5 Å². The number of rotatable bonds is 6. The largest absolute Gasteiger partial charge is 0.463 e. The van der Waals surface area contributed by atoms with Gasteiger partial charge in [-0.2, -0.15) is 0 Å². The van der Waals surface area contributed by atoms with E-state index < -0.39 is 5.97 Å². The zero-order valence-corrected chi connectivity index (χ0v) is 7.84. The predicted molar refractivity (Wildman–Crippen MR) is 49.1 cm³/mol. The minimum Gasteiger partial charge on any atom is -0.463 e. The first-order chi connectivity index (χ1) is 6.20. The summed E-state index contributed by atoms with van der Waals surface area (Å²) in [5.41, 5.74) is 0. The van der Waals surface area contributed by atoms with E-state index in [1.807, 2.05) is 0 Å². The Bertz CT molecular complexity index is 189. The summed E-state index contributed by atoms with van der Waals surface area (Å²) in [5, 5.41) is 2.51. The maximum absolute atomic E-state index is 10.7. The molecule has 0 aliphatic heterocycles. The molecule has 0 bridgehead atoms. The molecule has 0 aromatic rings. The second-order valence-electron chi connectivity index (χ2n) is 2.50. The fraction of sp³-hybridized carbons (Fsp3) is 0.556. The zero-order chi connectivity index (χ0) is 10.1. The maximum Gasteiger partial charge on any atom is 0.330 e. The lowest BCUT2D eigenvalue weighted by Gasteiger charge is -2.01. The molecule has 1 N–H and O–H groups in total. The molecule has 0 spiro atoms. The normalized spacial score (nSPS) is 9.00. The van der Waals surface area contributed by atoms with Crippen molar-refractivity contribution < 1.29 is 14.3 Å². The van der Waals surface area contributed by atoms with Crippen molar-refractivity contribution in [3.05, 3.63) is 12.7 Å². The molecule has 0 aliphatic carbocycles. The highest BCUT2D eigenvalue weighted by Crippen LogP contribution is 1.95. The van der Waals surface area contributed by atoms with E-state index in [4.69, 9.17) is 4.74 Å². The molecule has 0 radical (unpaired) electrons. The molecule has 0 saturated carbocycles. The van der Waals surface area contributed by atoms with Gasteiger partial charge in [0.25, 0.3) is 0 Å². The summed E-state index contributed by atoms with van der Waals surface area (Å²) >= 11 is 0. The summed E-state index contributed by atoms with van der Waals surface area (Å²) in [6.07, 6.45) is 3.03. The topological polar surface area (TPSA) is 55.4 Å². The second kappa shape index (κ2) is 7.34. The Hall–Kier alpha value is -1.32. The average molecular weight is 185 g/mol. The van der Waals surface area contributed by atoms with Gasteiger partial charge in [0.2, 0.25) is 5.91 Å². The Morgan fingerprint density at radius 2 is 2.15 bits per heavy atom. The van der Waals surface area contributed by atoms with Crippen molar-refractivity contribution in [1.82, 2.24) is 5.32 Å². The Kier molecular flexibility index (Phi) is 6.59. The van der Waals surface area contributed by atoms with E-state index in [-0.39, 0.29) is 5.91 Å². The number of carbonyl (C=O) groups excluding carboxylic acids is 2. The van der Waals surface area contributed by atoms with Crippen molar-refractivity contribution in [3.63, 3.8) is 0 Å². The van der Waals surface area contributed by atoms with Crippen molar-refractivity contribution in [2.24, 2.45) is 0 Å². The third-order valence-electron chi connectivity index (χ3n) is 1.49. The molecule has 0 atom stereocenters. The van der Waals surface area contributed by atoms with E-state index in [0.29, 0.717) is 19.4 Å². The van der Waals surface area contributed by atoms with Crippen LogP contribution in [0, 0.1) is 0 Å². The van der Waals surface area contributed by atoms with Crippen molar-refractivity contribution in [1.29, 1.82) is 0 Å². The molecular weight excluding hydrogens is 170 g/mol. The summed E-state index contributed by atoms with van der Waals surface area (Å²) in [7, 11) is 1.60. The van der Waals surface area contributed by atoms with Gasteiger partial charge in [-0.25, -0.2) is 4.79 Å². The van der Waals surface area contributed by atoms with Gasteiger partial charge in [0.1, 0.15) is 0 Å². The van der Waals surface area contributed by atoms with Gasteiger partial charge < -0.3 is 10.1 Å². The highest BCUT2D eigenvalue weighted by Gasteiger charge is 1.98. The van der Waals surface area contributed by atoms with Crippen molar-refractivity contribution >= 4 is 11.9 Å². The van der Waals surface area contributed by atoms with E-state index in [9.17, 15) is 9.59 Å². The first-order valence-corrected chi connectivity index (χ1v) is 4.20. The van der Waals surface area contributed by atoms with E-state index in [1.54, 1.807) is 7.05 Å². The van der Waals surface area contributed by atoms with Crippen LogP contribution in [-0.4, -0.2) is 25.5 Å². The smallest absolute Gasteiger partial charge is 0.330 e. The molecule has 1 amide bonds. The maximum atomic E-state index is 10.7. The van der Waals surface area contributed by atoms with Crippen LogP contribution in [0.4, 0.5) is 0 Å². The number of hydrogen-bond donors (Lipinski definition) is 1. The SMILES string of the molecule is C=CC(=O)OCCCCC(=O)NC. The summed E-state index contributed by atoms with van der Waals surface area (Å²) in [6.45, 7) is 3.61. The van der Waals surface area contributed by atoms with Crippen LogP contribution in [0.25, 0.3) is 0 Å². The van der Waals surface area contributed by atoms with Gasteiger partial charge in [0.05, 0.1) is 6.61 Å². The van der Waals surface area contributed by atoms with Crippen molar-refractivity contribution in [2.75, 3.05) is 13.7 Å². The summed E-state index contributed by atoms with van der Waals surface area (Å²) in [6, 6.07) is 0. The lowest BCUT2D eigenvalue weighted by molar-refractivity contribution is -0.137. The quantitative estimate of drug-likeness (QED) is 0.375. The van der Waals surface area contributed by atoms with Crippen LogP contribution in [-0.2, 0) is 14.3 Å². The lowest BCUT2D eigenvalue weighted by Crippen LogP contribution is -2.17. The van der Waals surface area contributed by atoms with Gasteiger partial charge in [-0.05, 0) is 12.8 Å². The van der Waals surface area contributed by atoms with E-state index >= 15 is 0 Å². The van der Waals surface area contributed by atoms with Crippen LogP contribution in [0.15, 0.2) is 12.7 Å². The Balaban J connectivity index is 3.21. The van der Waals surface area contributed by atoms with Crippen LogP contribution in [0.3, 0.4) is 0 Å². The number of ether oxygens (including phenoxy) is 1. The molecule has 74 valence electrons. The number of esters is 1. The highest BCUT2D eigenvalue weighted by molar-refractivity contribution is 5.81. The van der Waals surface area contributed by atoms with E-state index in [1.165, 1.54) is 0 Å². The molecule has 0 heterocycles. The van der Waals surface area contributed by atoms with Gasteiger partial charge in [-0.15, -0.1) is 0 Å². The number of hydrogen-bond acceptors (Lipinski definition) is 3. The van der Waals surface area contributed by atoms with E-state index in [2.05, 4.69) is 11.9 Å². The van der Waals surface area contributed by atoms with Crippen LogP contribution < -0.4 is 5.32 Å². The molecule has 4 nitrogen and oxygen atoms in total. The minimum atomic E-state index is -0.417. The first-order valence-electron chi connectivity index (χ1n) is 4.20. The molecule has 0 fully saturated rings. The van der Waals surface area contributed by atoms with Crippen LogP contribution in [0.1, 0.15) is 19.3 Å². The monoisotopic (exact) mass is 185 g/mol. The molecule has 0 unspecified atom stereocenters. The van der Waals surface area contributed by atoms with Gasteiger partial charge >= 0.3 is 5.97 Å². The standard InChI is InChI=1S/C9H15NO3/c1-3-9(12)13-7-5-4-6-8(11)10-2/h3H,1,4-7H2,2H3,(H,10,11). The van der Waals surface area contributed by atoms with Crippen LogP contribution >= 0.6 is 0 Å². The summed E-state index contributed by atoms with van der Waals surface area (Å²) in [4.78, 5) is 21.3. The number of amides is 1. The number of nitrogens with one attached hydrogen (secondary N) is 1. The highest BCUT2D eigenvalue weighted by atomic mass is 16.5. The van der Waals surface area contributed by atoms with Gasteiger partial charge in [0, 0.05) is 19.5 Å². The summed E-state index contributed by atoms with van der Waals surface area (Å²) < 4.78 is 4.72. The second-order valence-corrected chi connectivity index (χ2v) is 2.50. The minimum absolute atomic E-state index is 0.00930.